The average molecular weight is 359 g/mol. The van der Waals surface area contributed by atoms with E-state index in [0.717, 1.165) is 5.56 Å². The lowest BCUT2D eigenvalue weighted by Gasteiger charge is -2.13. The average Bonchev–Trinajstić information content (AvgIpc) is 2.89. The van der Waals surface area contributed by atoms with Crippen LogP contribution in [0.15, 0.2) is 42.2 Å². The first-order valence-electron chi connectivity index (χ1n) is 8.02. The molecule has 0 spiro atoms. The van der Waals surface area contributed by atoms with Crippen molar-refractivity contribution in [1.29, 1.82) is 0 Å². The number of ketones is 1. The third-order valence-corrected chi connectivity index (χ3v) is 3.92. The highest BCUT2D eigenvalue weighted by Gasteiger charge is 2.27. The molecule has 1 heterocycles. The number of hydrogen-bond donors (Lipinski definition) is 0. The van der Waals surface area contributed by atoms with Crippen LogP contribution in [-0.2, 0) is 0 Å². The first-order chi connectivity index (χ1) is 12.0. The minimum absolute atomic E-state index is 0.184. The summed E-state index contributed by atoms with van der Waals surface area (Å²) in [5.74, 6) is 2.30. The number of benzene rings is 2. The van der Waals surface area contributed by atoms with Crippen LogP contribution in [0.1, 0.15) is 29.8 Å². The van der Waals surface area contributed by atoms with E-state index in [4.69, 9.17) is 25.8 Å². The smallest absolute Gasteiger partial charge is 0.232 e. The van der Waals surface area contributed by atoms with Crippen molar-refractivity contribution in [1.82, 2.24) is 0 Å². The summed E-state index contributed by atoms with van der Waals surface area (Å²) in [4.78, 5) is 12.4. The van der Waals surface area contributed by atoms with Crippen LogP contribution in [0, 0.1) is 5.92 Å². The highest BCUT2D eigenvalue weighted by atomic mass is 35.5. The molecule has 0 radical (unpaired) electrons. The first kappa shape index (κ1) is 17.4. The molecule has 130 valence electrons. The molecule has 0 fully saturated rings. The predicted octanol–water partition coefficient (Wildman–Crippen LogP) is 5.00. The van der Waals surface area contributed by atoms with E-state index in [2.05, 4.69) is 13.8 Å². The molecular weight excluding hydrogens is 340 g/mol. The molecule has 4 nitrogen and oxygen atoms in total. The summed E-state index contributed by atoms with van der Waals surface area (Å²) in [5.41, 5.74) is 1.26. The van der Waals surface area contributed by atoms with Crippen LogP contribution in [0.5, 0.6) is 17.2 Å². The number of ether oxygens (including phenoxy) is 3. The van der Waals surface area contributed by atoms with Gasteiger partial charge < -0.3 is 14.2 Å². The van der Waals surface area contributed by atoms with E-state index in [1.54, 1.807) is 31.4 Å². The van der Waals surface area contributed by atoms with E-state index < -0.39 is 0 Å². The van der Waals surface area contributed by atoms with Crippen molar-refractivity contribution in [2.24, 2.45) is 5.92 Å². The number of carbonyl (C=O) groups excluding carboxylic acids is 1. The molecular formula is C20H19ClO4. The Kier molecular flexibility index (Phi) is 5.00. The predicted molar refractivity (Wildman–Crippen MR) is 97.7 cm³/mol. The van der Waals surface area contributed by atoms with Crippen molar-refractivity contribution in [3.05, 3.63) is 58.3 Å². The third-order valence-electron chi connectivity index (χ3n) is 3.69. The van der Waals surface area contributed by atoms with Gasteiger partial charge in [0.15, 0.2) is 17.3 Å². The molecule has 0 amide bonds. The molecule has 0 bridgehead atoms. The summed E-state index contributed by atoms with van der Waals surface area (Å²) in [7, 11) is 1.59. The van der Waals surface area contributed by atoms with Gasteiger partial charge >= 0.3 is 0 Å². The Balaban J connectivity index is 1.86. The van der Waals surface area contributed by atoms with Crippen LogP contribution in [-0.4, -0.2) is 19.5 Å². The van der Waals surface area contributed by atoms with E-state index >= 15 is 0 Å². The second-order valence-electron chi connectivity index (χ2n) is 6.20. The van der Waals surface area contributed by atoms with Crippen LogP contribution in [0.4, 0.5) is 0 Å². The van der Waals surface area contributed by atoms with E-state index in [1.807, 2.05) is 18.2 Å². The van der Waals surface area contributed by atoms with Crippen LogP contribution in [0.3, 0.4) is 0 Å². The zero-order chi connectivity index (χ0) is 18.0. The van der Waals surface area contributed by atoms with Crippen molar-refractivity contribution in [3.8, 4) is 17.2 Å². The van der Waals surface area contributed by atoms with E-state index in [1.165, 1.54) is 0 Å². The number of hydrogen-bond acceptors (Lipinski definition) is 4. The Bertz CT molecular complexity index is 840. The van der Waals surface area contributed by atoms with Crippen LogP contribution in [0.2, 0.25) is 5.02 Å². The molecule has 3 rings (SSSR count). The number of methoxy groups -OCH3 is 1. The van der Waals surface area contributed by atoms with Gasteiger partial charge in [0.05, 0.1) is 19.3 Å². The fraction of sp³-hybridized carbons (Fsp3) is 0.250. The van der Waals surface area contributed by atoms with Crippen molar-refractivity contribution in [2.75, 3.05) is 13.7 Å². The molecule has 0 atom stereocenters. The van der Waals surface area contributed by atoms with Gasteiger partial charge in [0, 0.05) is 5.02 Å². The number of Topliss-reactive ketones (excluding diaryl/α,β-unsaturated/α-hetero) is 1. The lowest BCUT2D eigenvalue weighted by molar-refractivity contribution is 0.101. The number of halogens is 1. The lowest BCUT2D eigenvalue weighted by Crippen LogP contribution is -2.05. The van der Waals surface area contributed by atoms with Gasteiger partial charge in [0.1, 0.15) is 5.75 Å². The number of allylic oxidation sites excluding steroid dienone is 1. The molecule has 1 aliphatic heterocycles. The quantitative estimate of drug-likeness (QED) is 0.705. The maximum atomic E-state index is 12.4. The minimum atomic E-state index is -0.184. The van der Waals surface area contributed by atoms with Gasteiger partial charge in [-0.25, -0.2) is 0 Å². The molecule has 0 N–H and O–H groups in total. The number of fused-ring (bicyclic) bond motifs is 1. The Morgan fingerprint density at radius 3 is 2.68 bits per heavy atom. The van der Waals surface area contributed by atoms with E-state index in [-0.39, 0.29) is 11.5 Å². The zero-order valence-corrected chi connectivity index (χ0v) is 15.1. The van der Waals surface area contributed by atoms with Crippen LogP contribution >= 0.6 is 11.6 Å². The summed E-state index contributed by atoms with van der Waals surface area (Å²) >= 11 is 5.95. The standard InChI is InChI=1S/C20H19ClO4/c1-12(2)11-24-17-6-4-13(8-18(17)23-3)9-19-20(22)15-10-14(21)5-7-16(15)25-19/h4-10,12H,11H2,1-3H3/b19-9-. The topological polar surface area (TPSA) is 44.8 Å². The Labute approximate surface area is 152 Å². The summed E-state index contributed by atoms with van der Waals surface area (Å²) in [6, 6.07) is 10.5. The van der Waals surface area contributed by atoms with Gasteiger partial charge in [-0.2, -0.15) is 0 Å². The molecule has 0 aliphatic carbocycles. The molecule has 5 heteroatoms. The van der Waals surface area contributed by atoms with Crippen molar-refractivity contribution < 1.29 is 19.0 Å². The van der Waals surface area contributed by atoms with Gasteiger partial charge in [-0.1, -0.05) is 31.5 Å². The van der Waals surface area contributed by atoms with Gasteiger partial charge in [-0.05, 0) is 47.9 Å². The van der Waals surface area contributed by atoms with E-state index in [9.17, 15) is 4.79 Å². The Morgan fingerprint density at radius 1 is 1.16 bits per heavy atom. The largest absolute Gasteiger partial charge is 0.493 e. The van der Waals surface area contributed by atoms with Crippen molar-refractivity contribution in [3.63, 3.8) is 0 Å². The first-order valence-corrected chi connectivity index (χ1v) is 8.40. The van der Waals surface area contributed by atoms with Gasteiger partial charge in [0.2, 0.25) is 5.78 Å². The summed E-state index contributed by atoms with van der Waals surface area (Å²) < 4.78 is 16.8. The summed E-state index contributed by atoms with van der Waals surface area (Å²) in [6.07, 6.45) is 1.69. The second-order valence-corrected chi connectivity index (χ2v) is 6.63. The molecule has 0 saturated heterocycles. The second kappa shape index (κ2) is 7.19. The molecule has 2 aromatic rings. The summed E-state index contributed by atoms with van der Waals surface area (Å²) in [6.45, 7) is 4.77. The lowest BCUT2D eigenvalue weighted by atomic mass is 10.1. The number of rotatable bonds is 5. The fourth-order valence-corrected chi connectivity index (χ4v) is 2.63. The Hall–Kier alpha value is -2.46. The van der Waals surface area contributed by atoms with Gasteiger partial charge in [-0.15, -0.1) is 0 Å². The maximum absolute atomic E-state index is 12.4. The molecule has 1 aliphatic rings. The highest BCUT2D eigenvalue weighted by molar-refractivity contribution is 6.31. The Morgan fingerprint density at radius 2 is 1.96 bits per heavy atom. The molecule has 0 saturated carbocycles. The summed E-state index contributed by atoms with van der Waals surface area (Å²) in [5, 5.41) is 0.505. The van der Waals surface area contributed by atoms with Crippen molar-refractivity contribution in [2.45, 2.75) is 13.8 Å². The van der Waals surface area contributed by atoms with Crippen LogP contribution < -0.4 is 14.2 Å². The normalized spacial score (nSPS) is 14.6. The fourth-order valence-electron chi connectivity index (χ4n) is 2.46. The van der Waals surface area contributed by atoms with Gasteiger partial charge in [-0.3, -0.25) is 4.79 Å². The molecule has 2 aromatic carbocycles. The zero-order valence-electron chi connectivity index (χ0n) is 14.3. The third kappa shape index (κ3) is 3.80. The van der Waals surface area contributed by atoms with Crippen LogP contribution in [0.25, 0.3) is 6.08 Å². The minimum Gasteiger partial charge on any atom is -0.493 e. The molecule has 0 aromatic heterocycles. The SMILES string of the molecule is COc1cc(/C=C2\Oc3ccc(Cl)cc3C2=O)ccc1OCC(C)C. The van der Waals surface area contributed by atoms with E-state index in [0.29, 0.717) is 40.4 Å². The monoisotopic (exact) mass is 358 g/mol. The highest BCUT2D eigenvalue weighted by Crippen LogP contribution is 2.35. The van der Waals surface area contributed by atoms with Crippen molar-refractivity contribution >= 4 is 23.5 Å². The van der Waals surface area contributed by atoms with Gasteiger partial charge in [0.25, 0.3) is 0 Å². The molecule has 25 heavy (non-hydrogen) atoms. The molecule has 0 unspecified atom stereocenters. The maximum Gasteiger partial charge on any atom is 0.232 e. The number of carbonyl (C=O) groups is 1.